The quantitative estimate of drug-likeness (QED) is 0.857. The average Bonchev–Trinajstić information content (AvgIpc) is 2.45. The van der Waals surface area contributed by atoms with E-state index in [1.54, 1.807) is 12.1 Å². The van der Waals surface area contributed by atoms with Gasteiger partial charge in [0.1, 0.15) is 0 Å². The number of benzene rings is 2. The van der Waals surface area contributed by atoms with Crippen LogP contribution >= 0.6 is 0 Å². The van der Waals surface area contributed by atoms with Gasteiger partial charge in [-0.25, -0.2) is 8.42 Å². The molecule has 0 unspecified atom stereocenters. The third-order valence-electron chi connectivity index (χ3n) is 3.74. The van der Waals surface area contributed by atoms with Crippen molar-refractivity contribution in [2.45, 2.75) is 31.0 Å². The Morgan fingerprint density at radius 3 is 2.29 bits per heavy atom. The van der Waals surface area contributed by atoms with E-state index in [4.69, 9.17) is 4.74 Å². The Morgan fingerprint density at radius 2 is 1.62 bits per heavy atom. The maximum atomic E-state index is 12.8. The number of rotatable bonds is 2. The number of sulfonamides is 1. The van der Waals surface area contributed by atoms with E-state index in [-0.39, 0.29) is 12.2 Å². The molecule has 0 saturated carbocycles. The molecule has 1 aliphatic heterocycles. The molecule has 1 saturated heterocycles. The first-order valence-electron chi connectivity index (χ1n) is 7.11. The van der Waals surface area contributed by atoms with Crippen molar-refractivity contribution in [2.75, 3.05) is 13.1 Å². The van der Waals surface area contributed by atoms with Crippen molar-refractivity contribution in [1.29, 1.82) is 0 Å². The molecular formula is C16H19NO3S. The van der Waals surface area contributed by atoms with Gasteiger partial charge in [-0.2, -0.15) is 4.31 Å². The molecular weight excluding hydrogens is 286 g/mol. The third-order valence-corrected chi connectivity index (χ3v) is 5.57. The van der Waals surface area contributed by atoms with Crippen LogP contribution in [-0.4, -0.2) is 38.0 Å². The van der Waals surface area contributed by atoms with E-state index in [9.17, 15) is 8.42 Å². The van der Waals surface area contributed by atoms with E-state index >= 15 is 0 Å². The van der Waals surface area contributed by atoms with E-state index in [0.29, 0.717) is 18.0 Å². The lowest BCUT2D eigenvalue weighted by Gasteiger charge is -2.34. The van der Waals surface area contributed by atoms with Gasteiger partial charge in [0.25, 0.3) is 0 Å². The zero-order chi connectivity index (χ0) is 15.0. The first-order chi connectivity index (χ1) is 9.96. The topological polar surface area (TPSA) is 46.6 Å². The van der Waals surface area contributed by atoms with Gasteiger partial charge in [-0.05, 0) is 36.8 Å². The second-order valence-corrected chi connectivity index (χ2v) is 7.53. The molecule has 1 heterocycles. The van der Waals surface area contributed by atoms with Gasteiger partial charge in [0.2, 0.25) is 10.0 Å². The van der Waals surface area contributed by atoms with Crippen LogP contribution in [0.15, 0.2) is 47.4 Å². The summed E-state index contributed by atoms with van der Waals surface area (Å²) >= 11 is 0. The van der Waals surface area contributed by atoms with Gasteiger partial charge < -0.3 is 4.74 Å². The number of ether oxygens (including phenoxy) is 1. The van der Waals surface area contributed by atoms with Crippen LogP contribution < -0.4 is 0 Å². The van der Waals surface area contributed by atoms with Crippen molar-refractivity contribution in [2.24, 2.45) is 0 Å². The Labute approximate surface area is 125 Å². The molecule has 2 aromatic carbocycles. The van der Waals surface area contributed by atoms with Gasteiger partial charge in [0.15, 0.2) is 0 Å². The van der Waals surface area contributed by atoms with Gasteiger partial charge in [0, 0.05) is 13.1 Å². The number of hydrogen-bond acceptors (Lipinski definition) is 3. The fraction of sp³-hybridized carbons (Fsp3) is 0.375. The van der Waals surface area contributed by atoms with E-state index in [2.05, 4.69) is 0 Å². The monoisotopic (exact) mass is 305 g/mol. The molecule has 0 spiro atoms. The van der Waals surface area contributed by atoms with Crippen LogP contribution in [-0.2, 0) is 14.8 Å². The Bertz CT molecular complexity index is 747. The maximum Gasteiger partial charge on any atom is 0.243 e. The number of nitrogens with zero attached hydrogens (tertiary/aromatic N) is 1. The van der Waals surface area contributed by atoms with E-state index in [1.807, 2.05) is 44.2 Å². The summed E-state index contributed by atoms with van der Waals surface area (Å²) in [5.74, 6) is 0. The van der Waals surface area contributed by atoms with Crippen LogP contribution in [0.3, 0.4) is 0 Å². The van der Waals surface area contributed by atoms with Crippen LogP contribution in [0.4, 0.5) is 0 Å². The minimum absolute atomic E-state index is 0.0796. The summed E-state index contributed by atoms with van der Waals surface area (Å²) in [5.41, 5.74) is 0. The lowest BCUT2D eigenvalue weighted by molar-refractivity contribution is -0.0440. The minimum Gasteiger partial charge on any atom is -0.373 e. The Kier molecular flexibility index (Phi) is 3.73. The lowest BCUT2D eigenvalue weighted by atomic mass is 10.1. The Morgan fingerprint density at radius 1 is 1.00 bits per heavy atom. The molecule has 1 aliphatic rings. The predicted molar refractivity (Wildman–Crippen MR) is 82.7 cm³/mol. The molecule has 0 aliphatic carbocycles. The van der Waals surface area contributed by atoms with Crippen LogP contribution in [0.1, 0.15) is 13.8 Å². The first-order valence-corrected chi connectivity index (χ1v) is 8.55. The number of fused-ring (bicyclic) bond motifs is 1. The predicted octanol–water partition coefficient (Wildman–Crippen LogP) is 2.64. The van der Waals surface area contributed by atoms with E-state index < -0.39 is 10.0 Å². The summed E-state index contributed by atoms with van der Waals surface area (Å²) in [6.45, 7) is 4.61. The molecule has 1 fully saturated rings. The van der Waals surface area contributed by atoms with Crippen LogP contribution in [0.5, 0.6) is 0 Å². The highest BCUT2D eigenvalue weighted by atomic mass is 32.2. The number of hydrogen-bond donors (Lipinski definition) is 0. The van der Waals surface area contributed by atoms with Gasteiger partial charge in [-0.15, -0.1) is 0 Å². The van der Waals surface area contributed by atoms with Crippen molar-refractivity contribution >= 4 is 20.8 Å². The average molecular weight is 305 g/mol. The molecule has 4 nitrogen and oxygen atoms in total. The first kappa shape index (κ1) is 14.5. The number of morpholine rings is 1. The van der Waals surface area contributed by atoms with Crippen molar-refractivity contribution in [3.8, 4) is 0 Å². The molecule has 2 atom stereocenters. The summed E-state index contributed by atoms with van der Waals surface area (Å²) in [6, 6.07) is 13.1. The minimum atomic E-state index is -3.47. The van der Waals surface area contributed by atoms with Gasteiger partial charge in [0.05, 0.1) is 17.1 Å². The summed E-state index contributed by atoms with van der Waals surface area (Å²) in [5, 5.41) is 1.98. The molecule has 0 radical (unpaired) electrons. The van der Waals surface area contributed by atoms with Crippen molar-refractivity contribution < 1.29 is 13.2 Å². The fourth-order valence-electron chi connectivity index (χ4n) is 2.80. The van der Waals surface area contributed by atoms with Crippen molar-refractivity contribution in [3.63, 3.8) is 0 Å². The standard InChI is InChI=1S/C16H19NO3S/c1-12-10-17(11-13(2)20-12)21(18,19)16-8-7-14-5-3-4-6-15(14)9-16/h3-9,12-13H,10-11H2,1-2H3/t12-,13-/m0/s1. The molecule has 112 valence electrons. The SMILES string of the molecule is C[C@H]1CN(S(=O)(=O)c2ccc3ccccc3c2)C[C@H](C)O1. The zero-order valence-corrected chi connectivity index (χ0v) is 13.0. The molecule has 0 bridgehead atoms. The largest absolute Gasteiger partial charge is 0.373 e. The fourth-order valence-corrected chi connectivity index (χ4v) is 4.43. The van der Waals surface area contributed by atoms with Gasteiger partial charge in [-0.1, -0.05) is 30.3 Å². The molecule has 0 N–H and O–H groups in total. The van der Waals surface area contributed by atoms with Crippen LogP contribution in [0.25, 0.3) is 10.8 Å². The van der Waals surface area contributed by atoms with Crippen molar-refractivity contribution in [1.82, 2.24) is 4.31 Å². The third kappa shape index (κ3) is 2.81. The molecule has 21 heavy (non-hydrogen) atoms. The molecule has 2 aromatic rings. The van der Waals surface area contributed by atoms with E-state index in [1.165, 1.54) is 4.31 Å². The molecule has 5 heteroatoms. The second-order valence-electron chi connectivity index (χ2n) is 5.59. The second kappa shape index (κ2) is 5.40. The molecule has 3 rings (SSSR count). The zero-order valence-electron chi connectivity index (χ0n) is 12.2. The molecule has 0 amide bonds. The Balaban J connectivity index is 1.99. The van der Waals surface area contributed by atoms with Gasteiger partial charge >= 0.3 is 0 Å². The maximum absolute atomic E-state index is 12.8. The summed E-state index contributed by atoms with van der Waals surface area (Å²) < 4.78 is 32.7. The smallest absolute Gasteiger partial charge is 0.243 e. The van der Waals surface area contributed by atoms with Crippen molar-refractivity contribution in [3.05, 3.63) is 42.5 Å². The van der Waals surface area contributed by atoms with E-state index in [0.717, 1.165) is 10.8 Å². The van der Waals surface area contributed by atoms with Crippen LogP contribution in [0, 0.1) is 0 Å². The lowest BCUT2D eigenvalue weighted by Crippen LogP contribution is -2.48. The normalized spacial score (nSPS) is 24.3. The summed E-state index contributed by atoms with van der Waals surface area (Å²) in [6.07, 6.45) is -0.159. The summed E-state index contributed by atoms with van der Waals surface area (Å²) in [4.78, 5) is 0.350. The highest BCUT2D eigenvalue weighted by Crippen LogP contribution is 2.24. The highest BCUT2D eigenvalue weighted by molar-refractivity contribution is 7.89. The van der Waals surface area contributed by atoms with Gasteiger partial charge in [-0.3, -0.25) is 0 Å². The molecule has 0 aromatic heterocycles. The van der Waals surface area contributed by atoms with Crippen LogP contribution in [0.2, 0.25) is 0 Å². The Hall–Kier alpha value is -1.43. The highest BCUT2D eigenvalue weighted by Gasteiger charge is 2.32. The summed E-state index contributed by atoms with van der Waals surface area (Å²) in [7, 11) is -3.47.